The molecule has 1 aliphatic rings. The van der Waals surface area contributed by atoms with E-state index in [-0.39, 0.29) is 5.69 Å². The number of rotatable bonds is 4. The lowest BCUT2D eigenvalue weighted by molar-refractivity contribution is 0.0690. The van der Waals surface area contributed by atoms with Gasteiger partial charge in [0.1, 0.15) is 5.82 Å². The molecule has 0 saturated carbocycles. The summed E-state index contributed by atoms with van der Waals surface area (Å²) in [5.74, 6) is 0.0510. The molecule has 3 rings (SSSR count). The first kappa shape index (κ1) is 12.9. The Balaban J connectivity index is 2.07. The average Bonchev–Trinajstić information content (AvgIpc) is 3.16. The van der Waals surface area contributed by atoms with E-state index in [1.54, 1.807) is 31.7 Å². The fourth-order valence-corrected chi connectivity index (χ4v) is 1.96. The smallest absolute Gasteiger partial charge is 0.356 e. The molecule has 0 saturated heterocycles. The summed E-state index contributed by atoms with van der Waals surface area (Å²) in [6.45, 7) is 0. The van der Waals surface area contributed by atoms with Gasteiger partial charge in [-0.25, -0.2) is 9.48 Å². The van der Waals surface area contributed by atoms with Crippen LogP contribution in [0.2, 0.25) is 0 Å². The lowest BCUT2D eigenvalue weighted by Gasteiger charge is -2.19. The maximum absolute atomic E-state index is 11.1. The minimum Gasteiger partial charge on any atom is -0.481 e. The number of hydrogen-bond donors (Lipinski definition) is 4. The van der Waals surface area contributed by atoms with E-state index in [9.17, 15) is 4.79 Å². The molecular formula is C13H13N5O3. The van der Waals surface area contributed by atoms with Gasteiger partial charge in [0.05, 0.1) is 12.8 Å². The maximum atomic E-state index is 11.1. The Morgan fingerprint density at radius 1 is 1.38 bits per heavy atom. The predicted molar refractivity (Wildman–Crippen MR) is 74.6 cm³/mol. The second-order valence-corrected chi connectivity index (χ2v) is 4.27. The average molecular weight is 287 g/mol. The third kappa shape index (κ3) is 2.34. The van der Waals surface area contributed by atoms with Crippen LogP contribution in [0.25, 0.3) is 17.1 Å². The highest BCUT2D eigenvalue weighted by Crippen LogP contribution is 2.23. The first-order valence-corrected chi connectivity index (χ1v) is 6.14. The number of hydrazine groups is 1. The van der Waals surface area contributed by atoms with Gasteiger partial charge in [-0.3, -0.25) is 10.9 Å². The van der Waals surface area contributed by atoms with E-state index < -0.39 is 5.97 Å². The molecule has 21 heavy (non-hydrogen) atoms. The summed E-state index contributed by atoms with van der Waals surface area (Å²) in [6, 6.07) is 3.36. The van der Waals surface area contributed by atoms with Crippen molar-refractivity contribution >= 4 is 11.8 Å². The zero-order valence-electron chi connectivity index (χ0n) is 11.1. The van der Waals surface area contributed by atoms with Gasteiger partial charge in [-0.2, -0.15) is 5.10 Å². The normalized spacial score (nSPS) is 13.8. The van der Waals surface area contributed by atoms with Gasteiger partial charge >= 0.3 is 5.97 Å². The zero-order chi connectivity index (χ0) is 14.8. The van der Waals surface area contributed by atoms with Crippen molar-refractivity contribution in [2.45, 2.75) is 0 Å². The highest BCUT2D eigenvalue weighted by molar-refractivity contribution is 5.87. The minimum absolute atomic E-state index is 0.0320. The van der Waals surface area contributed by atoms with E-state index >= 15 is 0 Å². The van der Waals surface area contributed by atoms with Gasteiger partial charge in [0, 0.05) is 24.0 Å². The van der Waals surface area contributed by atoms with Crippen LogP contribution in [0.4, 0.5) is 0 Å². The van der Waals surface area contributed by atoms with Crippen LogP contribution < -0.4 is 10.9 Å². The molecule has 0 spiro atoms. The van der Waals surface area contributed by atoms with Crippen LogP contribution in [0.1, 0.15) is 10.5 Å². The van der Waals surface area contributed by atoms with Crippen molar-refractivity contribution < 1.29 is 14.6 Å². The van der Waals surface area contributed by atoms with Crippen molar-refractivity contribution in [1.29, 1.82) is 0 Å². The number of nitrogens with zero attached hydrogens (tertiary/aromatic N) is 2. The van der Waals surface area contributed by atoms with Crippen LogP contribution in [0, 0.1) is 0 Å². The number of carboxylic acid groups (broad SMARTS) is 1. The molecule has 0 unspecified atom stereocenters. The molecule has 0 fully saturated rings. The van der Waals surface area contributed by atoms with Gasteiger partial charge in [0.2, 0.25) is 5.88 Å². The van der Waals surface area contributed by atoms with Crippen molar-refractivity contribution in [2.75, 3.05) is 7.11 Å². The highest BCUT2D eigenvalue weighted by Gasteiger charge is 2.18. The van der Waals surface area contributed by atoms with Crippen molar-refractivity contribution in [3.8, 4) is 11.3 Å². The molecule has 1 aliphatic heterocycles. The molecule has 0 radical (unpaired) electrons. The molecule has 0 aliphatic carbocycles. The van der Waals surface area contributed by atoms with Crippen LogP contribution in [-0.4, -0.2) is 33.0 Å². The minimum atomic E-state index is -1.08. The summed E-state index contributed by atoms with van der Waals surface area (Å²) in [4.78, 5) is 14.1. The zero-order valence-corrected chi connectivity index (χ0v) is 11.1. The molecule has 2 aromatic rings. The molecule has 2 aromatic heterocycles. The summed E-state index contributed by atoms with van der Waals surface area (Å²) >= 11 is 0. The van der Waals surface area contributed by atoms with Gasteiger partial charge in [-0.1, -0.05) is 0 Å². The SMILES string of the molecule is COC1=CC=C(n2nc(C(=O)O)cc2-c2cc[nH]c2)NN1. The van der Waals surface area contributed by atoms with Gasteiger partial charge in [-0.05, 0) is 18.2 Å². The Labute approximate surface area is 119 Å². The van der Waals surface area contributed by atoms with Gasteiger partial charge in [0.25, 0.3) is 0 Å². The quantitative estimate of drug-likeness (QED) is 0.668. The third-order valence-electron chi connectivity index (χ3n) is 2.98. The molecule has 0 bridgehead atoms. The molecule has 8 nitrogen and oxygen atoms in total. The fraction of sp³-hybridized carbons (Fsp3) is 0.0769. The molecular weight excluding hydrogens is 274 g/mol. The molecule has 108 valence electrons. The van der Waals surface area contributed by atoms with E-state index in [2.05, 4.69) is 20.9 Å². The number of carbonyl (C=O) groups is 1. The number of aromatic amines is 1. The number of aromatic nitrogens is 3. The summed E-state index contributed by atoms with van der Waals surface area (Å²) in [6.07, 6.45) is 6.99. The van der Waals surface area contributed by atoms with Crippen molar-refractivity contribution in [2.24, 2.45) is 0 Å². The van der Waals surface area contributed by atoms with Gasteiger partial charge in [-0.15, -0.1) is 0 Å². The lowest BCUT2D eigenvalue weighted by Crippen LogP contribution is -2.35. The second kappa shape index (κ2) is 5.08. The summed E-state index contributed by atoms with van der Waals surface area (Å²) in [5.41, 5.74) is 7.20. The number of methoxy groups -OCH3 is 1. The standard InChI is InChI=1S/C13H13N5O3/c1-21-12-3-2-11(15-16-12)18-10(8-4-5-14-7-8)6-9(17-18)13(19)20/h2-7,14-16H,1H3,(H,19,20). The second-order valence-electron chi connectivity index (χ2n) is 4.27. The predicted octanol–water partition coefficient (Wildman–Crippen LogP) is 0.970. The lowest BCUT2D eigenvalue weighted by atomic mass is 10.2. The topological polar surface area (TPSA) is 104 Å². The first-order valence-electron chi connectivity index (χ1n) is 6.14. The van der Waals surface area contributed by atoms with Crippen molar-refractivity contribution in [3.05, 3.63) is 48.3 Å². The number of ether oxygens (including phenoxy) is 1. The Bertz CT molecular complexity index is 727. The van der Waals surface area contributed by atoms with E-state index in [4.69, 9.17) is 9.84 Å². The van der Waals surface area contributed by atoms with Gasteiger partial charge in [0.15, 0.2) is 5.69 Å². The Morgan fingerprint density at radius 2 is 2.24 bits per heavy atom. The van der Waals surface area contributed by atoms with E-state index in [1.807, 2.05) is 6.07 Å². The maximum Gasteiger partial charge on any atom is 0.356 e. The van der Waals surface area contributed by atoms with Gasteiger partial charge < -0.3 is 14.8 Å². The number of H-pyrrole nitrogens is 1. The highest BCUT2D eigenvalue weighted by atomic mass is 16.5. The summed E-state index contributed by atoms with van der Waals surface area (Å²) in [5, 5.41) is 13.2. The molecule has 3 heterocycles. The Hall–Kier alpha value is -3.16. The van der Waals surface area contributed by atoms with Crippen molar-refractivity contribution in [3.63, 3.8) is 0 Å². The number of carboxylic acids is 1. The van der Waals surface area contributed by atoms with E-state index in [1.165, 1.54) is 10.7 Å². The largest absolute Gasteiger partial charge is 0.481 e. The van der Waals surface area contributed by atoms with Crippen molar-refractivity contribution in [1.82, 2.24) is 25.6 Å². The molecule has 8 heteroatoms. The summed E-state index contributed by atoms with van der Waals surface area (Å²) < 4.78 is 6.55. The fourth-order valence-electron chi connectivity index (χ4n) is 1.96. The number of aromatic carboxylic acids is 1. The monoisotopic (exact) mass is 287 g/mol. The van der Waals surface area contributed by atoms with E-state index in [0.717, 1.165) is 5.56 Å². The van der Waals surface area contributed by atoms with Crippen LogP contribution in [0.3, 0.4) is 0 Å². The molecule has 0 atom stereocenters. The first-order chi connectivity index (χ1) is 10.2. The molecule has 0 amide bonds. The Kier molecular flexibility index (Phi) is 3.11. The van der Waals surface area contributed by atoms with E-state index in [0.29, 0.717) is 17.4 Å². The Morgan fingerprint density at radius 3 is 2.81 bits per heavy atom. The molecule has 4 N–H and O–H groups in total. The van der Waals surface area contributed by atoms with Crippen LogP contribution in [0.5, 0.6) is 0 Å². The summed E-state index contributed by atoms with van der Waals surface area (Å²) in [7, 11) is 1.54. The number of allylic oxidation sites excluding steroid dienone is 2. The number of hydrogen-bond acceptors (Lipinski definition) is 5. The third-order valence-corrected chi connectivity index (χ3v) is 2.98. The van der Waals surface area contributed by atoms with Crippen LogP contribution >= 0.6 is 0 Å². The van der Waals surface area contributed by atoms with Crippen LogP contribution in [0.15, 0.2) is 42.6 Å². The number of nitrogens with one attached hydrogen (secondary N) is 3. The molecule has 0 aromatic carbocycles. The van der Waals surface area contributed by atoms with Crippen LogP contribution in [-0.2, 0) is 4.74 Å².